The van der Waals surface area contributed by atoms with Gasteiger partial charge in [0.1, 0.15) is 11.2 Å². The minimum absolute atomic E-state index is 0.911. The molecule has 278 valence electrons. The van der Waals surface area contributed by atoms with E-state index in [0.717, 1.165) is 21.9 Å². The average Bonchev–Trinajstić information content (AvgIpc) is 3.89. The van der Waals surface area contributed by atoms with Crippen LogP contribution < -0.4 is 0 Å². The number of fused-ring (bicyclic) bond motifs is 10. The van der Waals surface area contributed by atoms with Gasteiger partial charge in [0.2, 0.25) is 0 Å². The van der Waals surface area contributed by atoms with Gasteiger partial charge in [0.05, 0.1) is 0 Å². The Kier molecular flexibility index (Phi) is 7.24. The highest BCUT2D eigenvalue weighted by Gasteiger charge is 2.23. The lowest BCUT2D eigenvalue weighted by Crippen LogP contribution is -1.91. The second kappa shape index (κ2) is 13.0. The Hall–Kier alpha value is -7.52. The number of thiophene rings is 1. The fourth-order valence-electron chi connectivity index (χ4n) is 10.2. The summed E-state index contributed by atoms with van der Waals surface area (Å²) >= 11 is 1.91. The monoisotopic (exact) mass is 778 g/mol. The van der Waals surface area contributed by atoms with E-state index < -0.39 is 0 Å². The van der Waals surface area contributed by atoms with Gasteiger partial charge in [-0.05, 0) is 106 Å². The number of hydrogen-bond acceptors (Lipinski definition) is 2. The molecule has 0 aliphatic carbocycles. The molecule has 2 heterocycles. The molecule has 1 nitrogen and oxygen atoms in total. The predicted molar refractivity (Wildman–Crippen MR) is 258 cm³/mol. The van der Waals surface area contributed by atoms with Crippen LogP contribution in [0.2, 0.25) is 0 Å². The van der Waals surface area contributed by atoms with Gasteiger partial charge in [-0.25, -0.2) is 0 Å². The van der Waals surface area contributed by atoms with Gasteiger partial charge in [0.25, 0.3) is 0 Å². The molecule has 13 aromatic rings. The van der Waals surface area contributed by atoms with Gasteiger partial charge in [-0.2, -0.15) is 0 Å². The van der Waals surface area contributed by atoms with E-state index in [1.807, 2.05) is 17.4 Å². The summed E-state index contributed by atoms with van der Waals surface area (Å²) in [6.07, 6.45) is 0. The minimum atomic E-state index is 0.911. The third-order valence-corrected chi connectivity index (χ3v) is 13.9. The van der Waals surface area contributed by atoms with Crippen molar-refractivity contribution in [3.63, 3.8) is 0 Å². The fourth-order valence-corrected chi connectivity index (χ4v) is 11.4. The summed E-state index contributed by atoms with van der Waals surface area (Å²) in [7, 11) is 0. The van der Waals surface area contributed by atoms with Gasteiger partial charge in [0.15, 0.2) is 0 Å². The van der Waals surface area contributed by atoms with E-state index in [4.69, 9.17) is 4.42 Å². The van der Waals surface area contributed by atoms with Gasteiger partial charge in [-0.1, -0.05) is 182 Å². The molecule has 0 fully saturated rings. The summed E-state index contributed by atoms with van der Waals surface area (Å²) in [5, 5.41) is 15.0. The third-order valence-electron chi connectivity index (χ3n) is 12.7. The first-order valence-corrected chi connectivity index (χ1v) is 21.4. The van der Waals surface area contributed by atoms with Crippen LogP contribution in [0, 0.1) is 0 Å². The second-order valence-corrected chi connectivity index (χ2v) is 16.9. The maximum absolute atomic E-state index is 6.26. The molecule has 2 heteroatoms. The van der Waals surface area contributed by atoms with Crippen molar-refractivity contribution in [3.8, 4) is 44.5 Å². The minimum Gasteiger partial charge on any atom is -0.456 e. The van der Waals surface area contributed by atoms with Crippen LogP contribution in [-0.4, -0.2) is 0 Å². The molecule has 0 saturated heterocycles. The molecular formula is C58H34OS. The number of furan rings is 1. The zero-order valence-electron chi connectivity index (χ0n) is 32.4. The van der Waals surface area contributed by atoms with Crippen molar-refractivity contribution in [2.24, 2.45) is 0 Å². The van der Waals surface area contributed by atoms with Crippen molar-refractivity contribution in [1.29, 1.82) is 0 Å². The largest absolute Gasteiger partial charge is 0.456 e. The molecule has 0 amide bonds. The lowest BCUT2D eigenvalue weighted by molar-refractivity contribution is 0.669. The third kappa shape index (κ3) is 4.80. The van der Waals surface area contributed by atoms with Gasteiger partial charge < -0.3 is 4.42 Å². The van der Waals surface area contributed by atoms with Crippen LogP contribution in [0.15, 0.2) is 211 Å². The number of para-hydroxylation sites is 1. The number of benzene rings is 11. The first kappa shape index (κ1) is 33.5. The van der Waals surface area contributed by atoms with E-state index in [2.05, 4.69) is 200 Å². The Balaban J connectivity index is 1.09. The van der Waals surface area contributed by atoms with Gasteiger partial charge in [-0.3, -0.25) is 0 Å². The van der Waals surface area contributed by atoms with Crippen LogP contribution in [0.3, 0.4) is 0 Å². The highest BCUT2D eigenvalue weighted by Crippen LogP contribution is 2.51. The SMILES string of the molecule is c1ccc(-c2c3ccccc3c(-c3cccc4sc5c(-c6c7ccccc7c(-c7ccc8oc9ccccc9c8c7)c7ccccc67)cccc5c34)c3ccccc23)cc1. The zero-order valence-corrected chi connectivity index (χ0v) is 33.3. The van der Waals surface area contributed by atoms with E-state index in [-0.39, 0.29) is 0 Å². The average molecular weight is 779 g/mol. The standard InChI is InChI=1S/C58H34OS/c1-2-16-35(17-3-1)53-38-19-4-8-23-42(38)55(43-24-9-5-20-39(43)53)46-27-15-31-52-57(46)48-29-14-28-47(58(48)60-52)56-44-25-10-6-21-40(44)54(41-22-7-11-26-45(41)56)36-32-33-51-49(34-36)37-18-12-13-30-50(37)59-51/h1-34H. The maximum atomic E-state index is 6.26. The lowest BCUT2D eigenvalue weighted by atomic mass is 9.84. The first-order chi connectivity index (χ1) is 29.8. The van der Waals surface area contributed by atoms with E-state index in [1.54, 1.807) is 0 Å². The van der Waals surface area contributed by atoms with Crippen molar-refractivity contribution in [2.75, 3.05) is 0 Å². The fraction of sp³-hybridized carbons (Fsp3) is 0. The molecule has 60 heavy (non-hydrogen) atoms. The van der Waals surface area contributed by atoms with Gasteiger partial charge in [0, 0.05) is 36.5 Å². The summed E-state index contributed by atoms with van der Waals surface area (Å²) < 4.78 is 8.87. The van der Waals surface area contributed by atoms with Crippen LogP contribution in [-0.2, 0) is 0 Å². The molecule has 0 bridgehead atoms. The van der Waals surface area contributed by atoms with E-state index in [0.29, 0.717) is 0 Å². The van der Waals surface area contributed by atoms with Crippen molar-refractivity contribution in [3.05, 3.63) is 206 Å². The van der Waals surface area contributed by atoms with Crippen LogP contribution in [0.25, 0.3) is 130 Å². The van der Waals surface area contributed by atoms with Crippen molar-refractivity contribution < 1.29 is 4.42 Å². The van der Waals surface area contributed by atoms with E-state index in [9.17, 15) is 0 Å². The van der Waals surface area contributed by atoms with Crippen molar-refractivity contribution >= 4 is 96.5 Å². The molecule has 0 atom stereocenters. The van der Waals surface area contributed by atoms with Gasteiger partial charge >= 0.3 is 0 Å². The summed E-state index contributed by atoms with van der Waals surface area (Å²) in [4.78, 5) is 0. The Morgan fingerprint density at radius 3 is 1.35 bits per heavy atom. The molecule has 0 radical (unpaired) electrons. The van der Waals surface area contributed by atoms with Crippen LogP contribution in [0.1, 0.15) is 0 Å². The first-order valence-electron chi connectivity index (χ1n) is 20.6. The molecule has 0 N–H and O–H groups in total. The summed E-state index contributed by atoms with van der Waals surface area (Å²) in [6, 6.07) is 75.7. The van der Waals surface area contributed by atoms with E-state index >= 15 is 0 Å². The molecule has 0 aliphatic heterocycles. The smallest absolute Gasteiger partial charge is 0.135 e. The van der Waals surface area contributed by atoms with Crippen LogP contribution >= 0.6 is 11.3 Å². The molecule has 2 aromatic heterocycles. The van der Waals surface area contributed by atoms with Crippen LogP contribution in [0.4, 0.5) is 0 Å². The Labute approximate surface area is 350 Å². The molecule has 11 aromatic carbocycles. The second-order valence-electron chi connectivity index (χ2n) is 15.8. The molecule has 0 saturated carbocycles. The summed E-state index contributed by atoms with van der Waals surface area (Å²) in [5.74, 6) is 0. The lowest BCUT2D eigenvalue weighted by Gasteiger charge is -2.19. The Morgan fingerprint density at radius 1 is 0.283 bits per heavy atom. The molecule has 0 aliphatic rings. The highest BCUT2D eigenvalue weighted by atomic mass is 32.1. The summed E-state index contributed by atoms with van der Waals surface area (Å²) in [6.45, 7) is 0. The van der Waals surface area contributed by atoms with Crippen molar-refractivity contribution in [1.82, 2.24) is 0 Å². The normalized spacial score (nSPS) is 12.0. The quantitative estimate of drug-likeness (QED) is 0.162. The predicted octanol–water partition coefficient (Wildman–Crippen LogP) is 17.2. The number of rotatable bonds is 4. The van der Waals surface area contributed by atoms with E-state index in [1.165, 1.54) is 108 Å². The molecule has 13 rings (SSSR count). The van der Waals surface area contributed by atoms with Crippen LogP contribution in [0.5, 0.6) is 0 Å². The molecule has 0 unspecified atom stereocenters. The maximum Gasteiger partial charge on any atom is 0.135 e. The number of hydrogen-bond donors (Lipinski definition) is 0. The van der Waals surface area contributed by atoms with Crippen molar-refractivity contribution in [2.45, 2.75) is 0 Å². The highest BCUT2D eigenvalue weighted by molar-refractivity contribution is 7.26. The molecule has 0 spiro atoms. The molecular weight excluding hydrogens is 745 g/mol. The topological polar surface area (TPSA) is 13.1 Å². The Morgan fingerprint density at radius 2 is 0.733 bits per heavy atom. The Bertz CT molecular complexity index is 3770. The van der Waals surface area contributed by atoms with Gasteiger partial charge in [-0.15, -0.1) is 11.3 Å². The zero-order chi connectivity index (χ0) is 39.3. The summed E-state index contributed by atoms with van der Waals surface area (Å²) in [5.41, 5.74) is 11.9.